The number of hydrogen-bond acceptors (Lipinski definition) is 7. The molecule has 1 fully saturated rings. The number of rotatable bonds is 3. The molecule has 6 nitrogen and oxygen atoms in total. The summed E-state index contributed by atoms with van der Waals surface area (Å²) in [5.41, 5.74) is 1.29. The molecule has 1 amide bonds. The molecule has 5 rings (SSSR count). The zero-order chi connectivity index (χ0) is 21.4. The lowest BCUT2D eigenvalue weighted by molar-refractivity contribution is 0.0977. The summed E-state index contributed by atoms with van der Waals surface area (Å²) in [7, 11) is 0. The molecule has 2 atom stereocenters. The number of thiophene rings is 1. The minimum atomic E-state index is -0.499. The molecule has 1 saturated heterocycles. The van der Waals surface area contributed by atoms with Gasteiger partial charge in [0, 0.05) is 28.7 Å². The van der Waals surface area contributed by atoms with E-state index in [1.807, 2.05) is 18.2 Å². The Kier molecular flexibility index (Phi) is 5.23. The van der Waals surface area contributed by atoms with E-state index in [2.05, 4.69) is 38.6 Å². The number of benzene rings is 1. The molecule has 3 aromatic rings. The second kappa shape index (κ2) is 8.05. The number of anilines is 1. The quantitative estimate of drug-likeness (QED) is 0.652. The molecular weight excluding hydrogens is 433 g/mol. The van der Waals surface area contributed by atoms with Crippen molar-refractivity contribution in [1.29, 1.82) is 0 Å². The third kappa shape index (κ3) is 3.83. The first kappa shape index (κ1) is 20.1. The van der Waals surface area contributed by atoms with Crippen LogP contribution in [-0.2, 0) is 5.54 Å². The third-order valence-corrected chi connectivity index (χ3v) is 7.82. The Morgan fingerprint density at radius 3 is 2.74 bits per heavy atom. The summed E-state index contributed by atoms with van der Waals surface area (Å²) in [5.74, 6) is 0.908. The Morgan fingerprint density at radius 1 is 1.26 bits per heavy atom. The van der Waals surface area contributed by atoms with E-state index in [-0.39, 0.29) is 11.8 Å². The highest BCUT2D eigenvalue weighted by Crippen LogP contribution is 2.48. The lowest BCUT2D eigenvalue weighted by Crippen LogP contribution is -2.42. The van der Waals surface area contributed by atoms with Gasteiger partial charge in [0.15, 0.2) is 11.0 Å². The van der Waals surface area contributed by atoms with Crippen LogP contribution in [0.1, 0.15) is 20.8 Å². The molecule has 2 aromatic heterocycles. The minimum Gasteiger partial charge on any atom is -0.338 e. The molecule has 0 aliphatic carbocycles. The molecule has 2 aliphatic heterocycles. The molecule has 0 radical (unpaired) electrons. The van der Waals surface area contributed by atoms with Gasteiger partial charge in [-0.25, -0.2) is 19.4 Å². The van der Waals surface area contributed by atoms with Crippen molar-refractivity contribution < 1.29 is 9.18 Å². The van der Waals surface area contributed by atoms with Crippen molar-refractivity contribution in [1.82, 2.24) is 15.3 Å². The van der Waals surface area contributed by atoms with E-state index in [1.165, 1.54) is 18.0 Å². The summed E-state index contributed by atoms with van der Waals surface area (Å²) in [6.07, 6.45) is 2.38. The van der Waals surface area contributed by atoms with Crippen molar-refractivity contribution in [3.63, 3.8) is 0 Å². The van der Waals surface area contributed by atoms with E-state index in [0.717, 1.165) is 17.2 Å². The topological polar surface area (TPSA) is 70.5 Å². The van der Waals surface area contributed by atoms with Crippen LogP contribution in [0.15, 0.2) is 59.2 Å². The molecule has 0 saturated carbocycles. The van der Waals surface area contributed by atoms with Gasteiger partial charge in [-0.15, -0.1) is 11.3 Å². The number of aryl methyl sites for hydroxylation is 1. The van der Waals surface area contributed by atoms with Crippen molar-refractivity contribution >= 4 is 40.1 Å². The SMILES string of the molecule is Cc1csc(C23CN(c4ncc(F)cn4)CC2CSC(NC(=O)c2ccccc2)=N3)c1. The number of amidine groups is 1. The maximum Gasteiger partial charge on any atom is 0.257 e. The van der Waals surface area contributed by atoms with Gasteiger partial charge < -0.3 is 10.2 Å². The summed E-state index contributed by atoms with van der Waals surface area (Å²) in [6.45, 7) is 3.37. The Bertz CT molecular complexity index is 1130. The number of nitrogens with one attached hydrogen (secondary N) is 1. The van der Waals surface area contributed by atoms with Gasteiger partial charge in [0.1, 0.15) is 5.54 Å². The number of hydrogen-bond donors (Lipinski definition) is 1. The monoisotopic (exact) mass is 453 g/mol. The van der Waals surface area contributed by atoms with Crippen LogP contribution >= 0.6 is 23.1 Å². The van der Waals surface area contributed by atoms with Crippen molar-refractivity contribution in [2.45, 2.75) is 12.5 Å². The highest BCUT2D eigenvalue weighted by Gasteiger charge is 2.51. The first-order chi connectivity index (χ1) is 15.0. The molecule has 2 aliphatic rings. The van der Waals surface area contributed by atoms with E-state index >= 15 is 0 Å². The molecule has 158 valence electrons. The van der Waals surface area contributed by atoms with Crippen molar-refractivity contribution in [2.24, 2.45) is 10.9 Å². The lowest BCUT2D eigenvalue weighted by Gasteiger charge is -2.34. The van der Waals surface area contributed by atoms with Gasteiger partial charge >= 0.3 is 0 Å². The molecule has 4 heterocycles. The highest BCUT2D eigenvalue weighted by atomic mass is 32.2. The van der Waals surface area contributed by atoms with Gasteiger partial charge in [-0.3, -0.25) is 4.79 Å². The van der Waals surface area contributed by atoms with E-state index in [1.54, 1.807) is 35.2 Å². The number of amides is 1. The average Bonchev–Trinajstić information content (AvgIpc) is 3.39. The number of thioether (sulfide) groups is 1. The van der Waals surface area contributed by atoms with Crippen molar-refractivity contribution in [2.75, 3.05) is 23.7 Å². The number of fused-ring (bicyclic) bond motifs is 1. The molecule has 0 bridgehead atoms. The van der Waals surface area contributed by atoms with Crippen LogP contribution in [0.2, 0.25) is 0 Å². The molecule has 1 aromatic carbocycles. The van der Waals surface area contributed by atoms with Crippen LogP contribution in [0.25, 0.3) is 0 Å². The fourth-order valence-corrected chi connectivity index (χ4v) is 6.30. The number of halogens is 1. The van der Waals surface area contributed by atoms with Gasteiger partial charge in [0.25, 0.3) is 5.91 Å². The Morgan fingerprint density at radius 2 is 2.03 bits per heavy atom. The van der Waals surface area contributed by atoms with E-state index in [4.69, 9.17) is 4.99 Å². The van der Waals surface area contributed by atoms with Crippen molar-refractivity contribution in [3.05, 3.63) is 76.0 Å². The maximum atomic E-state index is 13.3. The summed E-state index contributed by atoms with van der Waals surface area (Å²) in [6, 6.07) is 11.3. The molecule has 2 unspecified atom stereocenters. The van der Waals surface area contributed by atoms with Crippen LogP contribution < -0.4 is 10.2 Å². The standard InChI is InChI=1S/C22H20FN5OS2/c1-14-7-18(30-11-14)22-13-28(20-24-8-17(23)9-25-20)10-16(22)12-31-21(27-22)26-19(29)15-5-3-2-4-6-15/h2-9,11,16H,10,12-13H2,1H3,(H,26,27,29). The Hall–Kier alpha value is -2.78. The summed E-state index contributed by atoms with van der Waals surface area (Å²) in [5, 5.41) is 5.74. The number of nitrogens with zero attached hydrogens (tertiary/aromatic N) is 4. The largest absolute Gasteiger partial charge is 0.338 e. The predicted octanol–water partition coefficient (Wildman–Crippen LogP) is 3.85. The van der Waals surface area contributed by atoms with Crippen LogP contribution in [0, 0.1) is 18.7 Å². The second-order valence-corrected chi connectivity index (χ2v) is 9.66. The van der Waals surface area contributed by atoms with E-state index in [9.17, 15) is 9.18 Å². The highest BCUT2D eigenvalue weighted by molar-refractivity contribution is 8.13. The number of carbonyl (C=O) groups excluding carboxylic acids is 1. The lowest BCUT2D eigenvalue weighted by atomic mass is 9.87. The van der Waals surface area contributed by atoms with Gasteiger partial charge in [0.05, 0.1) is 18.9 Å². The van der Waals surface area contributed by atoms with Crippen LogP contribution in [0.5, 0.6) is 0 Å². The number of aromatic nitrogens is 2. The fourth-order valence-electron chi connectivity index (χ4n) is 4.05. The normalized spacial score (nSPS) is 22.7. The Balaban J connectivity index is 1.49. The van der Waals surface area contributed by atoms with Crippen LogP contribution in [0.3, 0.4) is 0 Å². The molecule has 9 heteroatoms. The minimum absolute atomic E-state index is 0.167. The fraction of sp³-hybridized carbons (Fsp3) is 0.273. The number of aliphatic imine (C=N–C) groups is 1. The first-order valence-electron chi connectivity index (χ1n) is 9.91. The molecule has 31 heavy (non-hydrogen) atoms. The average molecular weight is 454 g/mol. The first-order valence-corrected chi connectivity index (χ1v) is 11.8. The van der Waals surface area contributed by atoms with Gasteiger partial charge in [0.2, 0.25) is 5.95 Å². The molecule has 0 spiro atoms. The maximum absolute atomic E-state index is 13.3. The summed E-state index contributed by atoms with van der Waals surface area (Å²) < 4.78 is 13.3. The zero-order valence-corrected chi connectivity index (χ0v) is 18.4. The van der Waals surface area contributed by atoms with Crippen LogP contribution in [0.4, 0.5) is 10.3 Å². The molecule has 1 N–H and O–H groups in total. The second-order valence-electron chi connectivity index (χ2n) is 7.74. The third-order valence-electron chi connectivity index (χ3n) is 5.57. The number of carbonyl (C=O) groups is 1. The Labute approximate surface area is 187 Å². The smallest absolute Gasteiger partial charge is 0.257 e. The zero-order valence-electron chi connectivity index (χ0n) is 16.8. The van der Waals surface area contributed by atoms with E-state index < -0.39 is 11.4 Å². The van der Waals surface area contributed by atoms with Crippen LogP contribution in [-0.4, -0.2) is 39.9 Å². The summed E-state index contributed by atoms with van der Waals surface area (Å²) >= 11 is 3.24. The van der Waals surface area contributed by atoms with Gasteiger partial charge in [-0.05, 0) is 36.1 Å². The summed E-state index contributed by atoms with van der Waals surface area (Å²) in [4.78, 5) is 29.4. The van der Waals surface area contributed by atoms with E-state index in [0.29, 0.717) is 23.2 Å². The van der Waals surface area contributed by atoms with Crippen molar-refractivity contribution in [3.8, 4) is 0 Å². The molecular formula is C22H20FN5OS2. The predicted molar refractivity (Wildman–Crippen MR) is 122 cm³/mol. The van der Waals surface area contributed by atoms with Gasteiger partial charge in [-0.1, -0.05) is 30.0 Å². The van der Waals surface area contributed by atoms with Gasteiger partial charge in [-0.2, -0.15) is 0 Å².